The van der Waals surface area contributed by atoms with Crippen LogP contribution >= 0.6 is 0 Å². The molecule has 0 radical (unpaired) electrons. The topological polar surface area (TPSA) is 215 Å². The Balaban J connectivity index is 0.000000489. The maximum absolute atomic E-state index is 11.2. The fourth-order valence-corrected chi connectivity index (χ4v) is 25.8. The molecule has 4 amide bonds. The summed E-state index contributed by atoms with van der Waals surface area (Å²) >= 11 is 0. The number of rotatable bonds is 24. The second-order valence-corrected chi connectivity index (χ2v) is 37.8. The Kier molecular flexibility index (Phi) is 31.5. The van der Waals surface area contributed by atoms with E-state index in [1.807, 2.05) is 72.8 Å². The molecule has 0 atom stereocenters. The maximum Gasteiger partial charge on any atom is 0.318 e. The van der Waals surface area contributed by atoms with Crippen molar-refractivity contribution in [1.82, 2.24) is 10.6 Å². The number of nitriles is 1. The van der Waals surface area contributed by atoms with Gasteiger partial charge in [0.2, 0.25) is 6.08 Å². The summed E-state index contributed by atoms with van der Waals surface area (Å²) in [4.78, 5) is 36.1. The van der Waals surface area contributed by atoms with Crippen LogP contribution in [0.4, 0.5) is 26.7 Å². The molecule has 0 saturated carbocycles. The third kappa shape index (κ3) is 30.6. The third-order valence-electron chi connectivity index (χ3n) is 11.2. The van der Waals surface area contributed by atoms with Gasteiger partial charge in [0.1, 0.15) is 5.75 Å². The molecular formula is C54H88N8O6Si4. The number of nitrogens with two attached hydrogens (primary N) is 2. The molecule has 18 heteroatoms. The molecule has 4 aromatic carbocycles. The first-order chi connectivity index (χ1) is 34.1. The molecule has 4 aromatic rings. The average Bonchev–Trinajstić information content (AvgIpc) is 3.34. The van der Waals surface area contributed by atoms with Gasteiger partial charge in [-0.15, -0.1) is 5.26 Å². The second kappa shape index (κ2) is 35.0. The molecule has 0 fully saturated rings. The zero-order valence-electron chi connectivity index (χ0n) is 45.6. The molecule has 0 aromatic heterocycles. The number of hydrogen-bond acceptors (Lipinski definition) is 10. The minimum Gasteiger partial charge on any atom is -0.455 e. The highest BCUT2D eigenvalue weighted by molar-refractivity contribution is 6.85. The lowest BCUT2D eigenvalue weighted by Crippen LogP contribution is -2.44. The Labute approximate surface area is 437 Å². The molecule has 8 N–H and O–H groups in total. The van der Waals surface area contributed by atoms with E-state index in [9.17, 15) is 14.4 Å². The fraction of sp³-hybridized carbons (Fsp3) is 0.481. The third-order valence-corrected chi connectivity index (χ3v) is 26.3. The number of carbonyl (C=O) groups is 2. The fourth-order valence-electron chi connectivity index (χ4n) is 7.70. The molecule has 0 unspecified atom stereocenters. The molecule has 4 rings (SSSR count). The summed E-state index contributed by atoms with van der Waals surface area (Å²) in [5, 5.41) is 18.8. The summed E-state index contributed by atoms with van der Waals surface area (Å²) in [6, 6.07) is 34.6. The van der Waals surface area contributed by atoms with E-state index in [4.69, 9.17) is 29.7 Å². The van der Waals surface area contributed by atoms with Gasteiger partial charge in [0.15, 0.2) is 33.3 Å². The number of carbonyl (C=O) groups excluding carboxylic acids is 3. The highest BCUT2D eigenvalue weighted by Crippen LogP contribution is 2.26. The molecule has 72 heavy (non-hydrogen) atoms. The molecular weight excluding hydrogens is 969 g/mol. The van der Waals surface area contributed by atoms with Gasteiger partial charge in [0, 0.05) is 25.5 Å². The van der Waals surface area contributed by atoms with Crippen molar-refractivity contribution in [1.29, 1.82) is 5.26 Å². The van der Waals surface area contributed by atoms with E-state index in [-0.39, 0.29) is 12.1 Å². The van der Waals surface area contributed by atoms with Crippen LogP contribution in [0, 0.1) is 11.5 Å². The lowest BCUT2D eigenvalue weighted by atomic mass is 10.0. The van der Waals surface area contributed by atoms with E-state index >= 15 is 0 Å². The Morgan fingerprint density at radius 3 is 1.15 bits per heavy atom. The molecule has 0 spiro atoms. The standard InChI is InChI=1S/C17H20N4O2.C15H10N2O2.C12H30OSi2.C10H28N2OSi2/c1-18-16(22)20-14-7-3-12(4-8-14)11-13-5-9-15(10-6-13)21-17(23)19-2;16-10-19-15-7-3-13(4-8-15)9-12-1-5-14(6-2-12)17-11-18;1-7-9-11-14(3,4)13-15(5,6)12-10-8-2;1-14(2,9-5-7-11)13-15(3,4)10-6-8-12/h3-10H,11H2,1-2H3,(H2,18,20,22)(H2,19,21,23);1-8H,9H2;7-12H2,1-6H3;5-12H2,1-4H3. The quantitative estimate of drug-likeness (QED) is 0.0170. The number of anilines is 2. The van der Waals surface area contributed by atoms with Crippen LogP contribution in [0.1, 0.15) is 74.6 Å². The second-order valence-electron chi connectivity index (χ2n) is 20.1. The van der Waals surface area contributed by atoms with E-state index in [0.717, 1.165) is 72.4 Å². The van der Waals surface area contributed by atoms with Crippen molar-refractivity contribution >= 4 is 68.5 Å². The molecule has 0 aliphatic carbocycles. The summed E-state index contributed by atoms with van der Waals surface area (Å²) in [7, 11) is -2.48. The maximum atomic E-state index is 11.2. The number of isocyanates is 1. The van der Waals surface area contributed by atoms with Crippen LogP contribution in [0.3, 0.4) is 0 Å². The molecule has 0 bridgehead atoms. The number of aliphatic imine (C=N–C) groups is 1. The number of unbranched alkanes of at least 4 members (excludes halogenated alkanes) is 2. The predicted octanol–water partition coefficient (Wildman–Crippen LogP) is 13.0. The number of hydrogen-bond donors (Lipinski definition) is 6. The van der Waals surface area contributed by atoms with Gasteiger partial charge in [0.05, 0.1) is 5.69 Å². The Morgan fingerprint density at radius 1 is 0.542 bits per heavy atom. The first kappa shape index (κ1) is 64.8. The normalized spacial score (nSPS) is 11.1. The lowest BCUT2D eigenvalue weighted by molar-refractivity contribution is 0.253. The van der Waals surface area contributed by atoms with Crippen LogP contribution in [0.2, 0.25) is 76.6 Å². The largest absolute Gasteiger partial charge is 0.455 e. The highest BCUT2D eigenvalue weighted by Gasteiger charge is 2.33. The summed E-state index contributed by atoms with van der Waals surface area (Å²) in [6.45, 7) is 24.9. The SMILES string of the molecule is CCCC[Si](C)(C)O[Si](C)(C)CCCC.CNC(=O)Nc1ccc(Cc2ccc(NC(=O)NC)cc2)cc1.C[Si](C)(CCCN)O[Si](C)(C)CCCN.N#COc1ccc(Cc2ccc(N=C=O)cc2)cc1. The molecule has 0 heterocycles. The van der Waals surface area contributed by atoms with Crippen molar-refractivity contribution < 1.29 is 27.4 Å². The molecule has 0 aliphatic rings. The summed E-state index contributed by atoms with van der Waals surface area (Å²) in [5.41, 5.74) is 17.7. The first-order valence-electron chi connectivity index (χ1n) is 25.4. The minimum absolute atomic E-state index is 0.239. The van der Waals surface area contributed by atoms with Gasteiger partial charge in [-0.1, -0.05) is 88.1 Å². The molecule has 0 aliphatic heterocycles. The van der Waals surface area contributed by atoms with Crippen molar-refractivity contribution in [2.45, 2.75) is 142 Å². The van der Waals surface area contributed by atoms with Gasteiger partial charge < -0.3 is 45.7 Å². The number of amides is 4. The van der Waals surface area contributed by atoms with E-state index in [1.165, 1.54) is 55.9 Å². The van der Waals surface area contributed by atoms with Crippen molar-refractivity contribution in [2.24, 2.45) is 16.5 Å². The van der Waals surface area contributed by atoms with Gasteiger partial charge in [-0.05, 0) is 186 Å². The lowest BCUT2D eigenvalue weighted by Gasteiger charge is -2.34. The predicted molar refractivity (Wildman–Crippen MR) is 310 cm³/mol. The number of ether oxygens (including phenoxy) is 1. The zero-order chi connectivity index (χ0) is 54.1. The summed E-state index contributed by atoms with van der Waals surface area (Å²) < 4.78 is 17.6. The van der Waals surface area contributed by atoms with Crippen LogP contribution in [0.5, 0.6) is 5.75 Å². The van der Waals surface area contributed by atoms with Crippen LogP contribution in [-0.4, -0.2) is 78.6 Å². The van der Waals surface area contributed by atoms with Crippen molar-refractivity contribution in [3.8, 4) is 12.0 Å². The number of benzene rings is 4. The van der Waals surface area contributed by atoms with Crippen LogP contribution in [0.25, 0.3) is 0 Å². The van der Waals surface area contributed by atoms with E-state index in [2.05, 4.69) is 92.5 Å². The first-order valence-corrected chi connectivity index (χ1v) is 37.8. The Hall–Kier alpha value is -5.20. The van der Waals surface area contributed by atoms with E-state index in [0.29, 0.717) is 11.4 Å². The van der Waals surface area contributed by atoms with Crippen LogP contribution in [-0.2, 0) is 25.9 Å². The zero-order valence-corrected chi connectivity index (χ0v) is 49.6. The molecule has 0 saturated heterocycles. The van der Waals surface area contributed by atoms with Crippen LogP contribution < -0.4 is 37.5 Å². The number of urea groups is 2. The highest BCUT2D eigenvalue weighted by atomic mass is 28.4. The molecule has 396 valence electrons. The van der Waals surface area contributed by atoms with E-state index < -0.39 is 33.3 Å². The molecule has 14 nitrogen and oxygen atoms in total. The van der Waals surface area contributed by atoms with Gasteiger partial charge >= 0.3 is 12.1 Å². The van der Waals surface area contributed by atoms with Crippen molar-refractivity contribution in [3.63, 3.8) is 0 Å². The van der Waals surface area contributed by atoms with Gasteiger partial charge in [-0.2, -0.15) is 4.99 Å². The van der Waals surface area contributed by atoms with Crippen LogP contribution in [0.15, 0.2) is 102 Å². The van der Waals surface area contributed by atoms with Crippen molar-refractivity contribution in [2.75, 3.05) is 37.8 Å². The smallest absolute Gasteiger partial charge is 0.318 e. The summed E-state index contributed by atoms with van der Waals surface area (Å²) in [6.07, 6.45) is 12.2. The van der Waals surface area contributed by atoms with Gasteiger partial charge in [-0.3, -0.25) is 0 Å². The van der Waals surface area contributed by atoms with Gasteiger partial charge in [-0.25, -0.2) is 14.4 Å². The van der Waals surface area contributed by atoms with Gasteiger partial charge in [0.25, 0.3) is 6.26 Å². The summed E-state index contributed by atoms with van der Waals surface area (Å²) in [5.74, 6) is 0.530. The number of nitrogens with zero attached hydrogens (tertiary/aromatic N) is 2. The van der Waals surface area contributed by atoms with E-state index in [1.54, 1.807) is 44.6 Å². The number of nitrogens with one attached hydrogen (secondary N) is 4. The minimum atomic E-state index is -1.47. The monoisotopic (exact) mass is 1060 g/mol. The average molecular weight is 1060 g/mol. The Bertz CT molecular complexity index is 2080. The van der Waals surface area contributed by atoms with Crippen molar-refractivity contribution in [3.05, 3.63) is 119 Å². The Morgan fingerprint density at radius 2 is 0.861 bits per heavy atom.